The zero-order valence-electron chi connectivity index (χ0n) is 9.57. The van der Waals surface area contributed by atoms with Crippen LogP contribution < -0.4 is 0 Å². The van der Waals surface area contributed by atoms with E-state index in [1.54, 1.807) is 36.9 Å². The number of nitrogens with zero attached hydrogens (tertiary/aromatic N) is 1. The van der Waals surface area contributed by atoms with Crippen LogP contribution in [0.4, 0.5) is 4.39 Å². The second kappa shape index (κ2) is 4.05. The average Bonchev–Trinajstić information content (AvgIpc) is 2.56. The number of benzene rings is 1. The Morgan fingerprint density at radius 3 is 2.35 bits per heavy atom. The minimum atomic E-state index is -0.952. The molecule has 0 aliphatic carbocycles. The first-order chi connectivity index (χ1) is 8.00. The monoisotopic (exact) mass is 233 g/mol. The molecule has 0 fully saturated rings. The molecule has 0 amide bonds. The topological polar surface area (TPSA) is 42.2 Å². The van der Waals surface area contributed by atoms with Gasteiger partial charge in [0.25, 0.3) is 0 Å². The lowest BCUT2D eigenvalue weighted by atomic mass is 10.1. The Kier molecular flexibility index (Phi) is 2.71. The van der Waals surface area contributed by atoms with Gasteiger partial charge < -0.3 is 9.67 Å². The van der Waals surface area contributed by atoms with E-state index < -0.39 is 5.97 Å². The van der Waals surface area contributed by atoms with Crippen molar-refractivity contribution >= 4 is 5.97 Å². The molecule has 4 heteroatoms. The van der Waals surface area contributed by atoms with Gasteiger partial charge in [0.2, 0.25) is 0 Å². The van der Waals surface area contributed by atoms with Gasteiger partial charge in [-0.2, -0.15) is 0 Å². The summed E-state index contributed by atoms with van der Waals surface area (Å²) in [6, 6.07) is 6.01. The van der Waals surface area contributed by atoms with Crippen molar-refractivity contribution in [3.63, 3.8) is 0 Å². The molecule has 1 aromatic heterocycles. The van der Waals surface area contributed by atoms with E-state index >= 15 is 0 Å². The van der Waals surface area contributed by atoms with Crippen molar-refractivity contribution in [3.8, 4) is 11.3 Å². The fourth-order valence-corrected chi connectivity index (χ4v) is 1.99. The summed E-state index contributed by atoms with van der Waals surface area (Å²) >= 11 is 0. The molecule has 0 spiro atoms. The van der Waals surface area contributed by atoms with Gasteiger partial charge in [-0.25, -0.2) is 9.18 Å². The molecule has 2 aromatic rings. The quantitative estimate of drug-likeness (QED) is 0.866. The summed E-state index contributed by atoms with van der Waals surface area (Å²) in [5.74, 6) is -1.26. The summed E-state index contributed by atoms with van der Waals surface area (Å²) in [6.07, 6.45) is 1.57. The molecule has 1 heterocycles. The zero-order valence-corrected chi connectivity index (χ0v) is 9.57. The zero-order chi connectivity index (χ0) is 12.6. The minimum absolute atomic E-state index is 0.270. The Labute approximate surface area is 98.1 Å². The number of aromatic nitrogens is 1. The summed E-state index contributed by atoms with van der Waals surface area (Å²) < 4.78 is 14.6. The highest BCUT2D eigenvalue weighted by Crippen LogP contribution is 2.27. The van der Waals surface area contributed by atoms with Gasteiger partial charge in [-0.3, -0.25) is 0 Å². The van der Waals surface area contributed by atoms with Crippen LogP contribution in [0.2, 0.25) is 0 Å². The second-order valence-electron chi connectivity index (χ2n) is 3.94. The number of aromatic carboxylic acids is 1. The molecule has 0 saturated heterocycles. The predicted octanol–water partition coefficient (Wildman–Crippen LogP) is 2.84. The van der Waals surface area contributed by atoms with Crippen molar-refractivity contribution in [3.05, 3.63) is 47.4 Å². The van der Waals surface area contributed by atoms with Crippen LogP contribution in [0.15, 0.2) is 30.5 Å². The molecule has 0 atom stereocenters. The van der Waals surface area contributed by atoms with E-state index in [1.807, 2.05) is 0 Å². The Morgan fingerprint density at radius 2 is 1.88 bits per heavy atom. The number of carbonyl (C=O) groups is 1. The number of hydrogen-bond acceptors (Lipinski definition) is 1. The number of carboxylic acids is 1. The smallest absolute Gasteiger partial charge is 0.337 e. The molecule has 3 nitrogen and oxygen atoms in total. The van der Waals surface area contributed by atoms with Crippen molar-refractivity contribution in [1.29, 1.82) is 0 Å². The van der Waals surface area contributed by atoms with Crippen molar-refractivity contribution in [2.75, 3.05) is 0 Å². The van der Waals surface area contributed by atoms with E-state index in [0.717, 1.165) is 11.3 Å². The molecule has 2 rings (SSSR count). The largest absolute Gasteiger partial charge is 0.478 e. The molecule has 1 aromatic carbocycles. The van der Waals surface area contributed by atoms with Gasteiger partial charge in [-0.15, -0.1) is 0 Å². The number of halogens is 1. The van der Waals surface area contributed by atoms with Crippen LogP contribution in [-0.2, 0) is 7.05 Å². The SMILES string of the molecule is Cc1c(C(=O)O)cn(C)c1-c1ccc(F)cc1. The van der Waals surface area contributed by atoms with E-state index in [2.05, 4.69) is 0 Å². The normalized spacial score (nSPS) is 10.5. The number of hydrogen-bond donors (Lipinski definition) is 1. The third-order valence-corrected chi connectivity index (χ3v) is 2.78. The van der Waals surface area contributed by atoms with E-state index in [9.17, 15) is 9.18 Å². The van der Waals surface area contributed by atoms with Gasteiger partial charge in [0.15, 0.2) is 0 Å². The maximum atomic E-state index is 12.8. The van der Waals surface area contributed by atoms with Crippen LogP contribution in [-0.4, -0.2) is 15.6 Å². The lowest BCUT2D eigenvalue weighted by Gasteiger charge is -2.05. The van der Waals surface area contributed by atoms with Gasteiger partial charge in [-0.05, 0) is 42.3 Å². The first-order valence-corrected chi connectivity index (χ1v) is 5.16. The molecular formula is C13H12FNO2. The number of rotatable bonds is 2. The molecule has 1 N–H and O–H groups in total. The van der Waals surface area contributed by atoms with Crippen molar-refractivity contribution in [1.82, 2.24) is 4.57 Å². The number of carboxylic acid groups (broad SMARTS) is 1. The Balaban J connectivity index is 2.59. The van der Waals surface area contributed by atoms with Gasteiger partial charge in [-0.1, -0.05) is 0 Å². The van der Waals surface area contributed by atoms with E-state index in [-0.39, 0.29) is 11.4 Å². The van der Waals surface area contributed by atoms with Gasteiger partial charge in [0, 0.05) is 13.2 Å². The van der Waals surface area contributed by atoms with Crippen LogP contribution in [0.3, 0.4) is 0 Å². The predicted molar refractivity (Wildman–Crippen MR) is 62.5 cm³/mol. The first kappa shape index (κ1) is 11.4. The highest BCUT2D eigenvalue weighted by atomic mass is 19.1. The average molecular weight is 233 g/mol. The van der Waals surface area contributed by atoms with Crippen LogP contribution in [0.5, 0.6) is 0 Å². The molecule has 0 radical (unpaired) electrons. The van der Waals surface area contributed by atoms with Crippen molar-refractivity contribution in [2.45, 2.75) is 6.92 Å². The molecule has 0 saturated carbocycles. The molecule has 0 bridgehead atoms. The lowest BCUT2D eigenvalue weighted by Crippen LogP contribution is -1.95. The molecule has 0 aliphatic rings. The lowest BCUT2D eigenvalue weighted by molar-refractivity contribution is 0.0696. The summed E-state index contributed by atoms with van der Waals surface area (Å²) in [5.41, 5.74) is 2.56. The van der Waals surface area contributed by atoms with Crippen LogP contribution >= 0.6 is 0 Å². The molecule has 0 unspecified atom stereocenters. The van der Waals surface area contributed by atoms with E-state index in [1.165, 1.54) is 12.1 Å². The van der Waals surface area contributed by atoms with Crippen molar-refractivity contribution in [2.24, 2.45) is 7.05 Å². The van der Waals surface area contributed by atoms with Gasteiger partial charge in [0.05, 0.1) is 11.3 Å². The fourth-order valence-electron chi connectivity index (χ4n) is 1.99. The van der Waals surface area contributed by atoms with E-state index in [4.69, 9.17) is 5.11 Å². The van der Waals surface area contributed by atoms with Crippen molar-refractivity contribution < 1.29 is 14.3 Å². The molecular weight excluding hydrogens is 221 g/mol. The van der Waals surface area contributed by atoms with Crippen LogP contribution in [0.1, 0.15) is 15.9 Å². The Morgan fingerprint density at radius 1 is 1.29 bits per heavy atom. The fraction of sp³-hybridized carbons (Fsp3) is 0.154. The third-order valence-electron chi connectivity index (χ3n) is 2.78. The summed E-state index contributed by atoms with van der Waals surface area (Å²) in [7, 11) is 1.78. The number of aryl methyl sites for hydroxylation is 1. The second-order valence-corrected chi connectivity index (χ2v) is 3.94. The van der Waals surface area contributed by atoms with Gasteiger partial charge in [0.1, 0.15) is 5.82 Å². The molecule has 0 aliphatic heterocycles. The maximum Gasteiger partial charge on any atom is 0.337 e. The highest BCUT2D eigenvalue weighted by molar-refractivity contribution is 5.92. The van der Waals surface area contributed by atoms with Gasteiger partial charge >= 0.3 is 5.97 Å². The molecule has 88 valence electrons. The summed E-state index contributed by atoms with van der Waals surface area (Å²) in [5, 5.41) is 9.02. The maximum absolute atomic E-state index is 12.8. The Bertz CT molecular complexity index is 570. The third kappa shape index (κ3) is 1.93. The minimum Gasteiger partial charge on any atom is -0.478 e. The Hall–Kier alpha value is -2.10. The summed E-state index contributed by atoms with van der Waals surface area (Å²) in [6.45, 7) is 1.75. The van der Waals surface area contributed by atoms with E-state index in [0.29, 0.717) is 5.56 Å². The standard InChI is InChI=1S/C13H12FNO2/c1-8-11(13(16)17)7-15(2)12(8)9-3-5-10(14)6-4-9/h3-7H,1-2H3,(H,16,17). The van der Waals surface area contributed by atoms with Crippen LogP contribution in [0.25, 0.3) is 11.3 Å². The highest BCUT2D eigenvalue weighted by Gasteiger charge is 2.16. The molecule has 17 heavy (non-hydrogen) atoms. The van der Waals surface area contributed by atoms with Crippen LogP contribution in [0, 0.1) is 12.7 Å². The summed E-state index contributed by atoms with van der Waals surface area (Å²) in [4.78, 5) is 11.0. The first-order valence-electron chi connectivity index (χ1n) is 5.16.